The number of alkyl halides is 4. The fourth-order valence-electron chi connectivity index (χ4n) is 3.10. The zero-order chi connectivity index (χ0) is 24.1. The number of Topliss-reactive ketones (excluding diaryl/α,β-unsaturated/α-hetero) is 1. The Balaban J connectivity index is 2.29. The number of carbonyl (C=O) groups is 1. The molecule has 2 aromatic rings. The zero-order valence-electron chi connectivity index (χ0n) is 16.5. The summed E-state index contributed by atoms with van der Waals surface area (Å²) < 4.78 is 23.9. The summed E-state index contributed by atoms with van der Waals surface area (Å²) in [5.74, 6) is -1.08. The molecular weight excluding hydrogens is 561 g/mol. The van der Waals surface area contributed by atoms with Gasteiger partial charge < -0.3 is 5.32 Å². The molecule has 3 rings (SSSR count). The fraction of sp³-hybridized carbons (Fsp3) is 0.250. The molecule has 0 radical (unpaired) electrons. The van der Waals surface area contributed by atoms with Crippen LogP contribution in [-0.4, -0.2) is 28.5 Å². The number of hydrogen-bond acceptors (Lipinski definition) is 4. The number of carbonyl (C=O) groups excluding carboxylic acids is 1. The van der Waals surface area contributed by atoms with E-state index in [1.807, 2.05) is 13.0 Å². The summed E-state index contributed by atoms with van der Waals surface area (Å²) in [4.78, 5) is 12.5. The van der Waals surface area contributed by atoms with Gasteiger partial charge >= 0.3 is 0 Å². The van der Waals surface area contributed by atoms with E-state index < -0.39 is 40.2 Å². The lowest BCUT2D eigenvalue weighted by Crippen LogP contribution is -2.73. The Labute approximate surface area is 216 Å². The van der Waals surface area contributed by atoms with E-state index in [0.717, 1.165) is 11.1 Å². The molecule has 0 aromatic heterocycles. The van der Waals surface area contributed by atoms with Crippen molar-refractivity contribution >= 4 is 91.1 Å². The van der Waals surface area contributed by atoms with Crippen LogP contribution in [0.5, 0.6) is 0 Å². The number of ketones is 1. The molecule has 0 fully saturated rings. The van der Waals surface area contributed by atoms with E-state index in [2.05, 4.69) is 10.0 Å². The monoisotopic (exact) mass is 574 g/mol. The first kappa shape index (κ1) is 25.9. The Kier molecular flexibility index (Phi) is 7.14. The number of halogens is 6. The van der Waals surface area contributed by atoms with Gasteiger partial charge in [0.2, 0.25) is 24.5 Å². The minimum Gasteiger partial charge on any atom is -0.359 e. The van der Waals surface area contributed by atoms with Gasteiger partial charge in [-0.3, -0.25) is 4.79 Å². The van der Waals surface area contributed by atoms with Gasteiger partial charge in [-0.15, -0.1) is 0 Å². The van der Waals surface area contributed by atoms with Crippen molar-refractivity contribution < 1.29 is 13.2 Å². The summed E-state index contributed by atoms with van der Waals surface area (Å²) in [5.41, 5.74) is -0.319. The second-order valence-corrected chi connectivity index (χ2v) is 12.4. The number of sulfonamides is 1. The van der Waals surface area contributed by atoms with E-state index in [9.17, 15) is 13.2 Å². The molecule has 1 aliphatic rings. The molecule has 0 saturated heterocycles. The van der Waals surface area contributed by atoms with Crippen molar-refractivity contribution in [3.05, 3.63) is 69.7 Å². The van der Waals surface area contributed by atoms with Crippen molar-refractivity contribution in [3.63, 3.8) is 0 Å². The molecular formula is C20H16Cl6N2O3S. The van der Waals surface area contributed by atoms with Gasteiger partial charge in [-0.1, -0.05) is 99.4 Å². The number of nitrogens with one attached hydrogen (secondary N) is 2. The van der Waals surface area contributed by atoms with E-state index in [1.165, 1.54) is 12.1 Å². The normalized spacial score (nSPS) is 22.7. The van der Waals surface area contributed by atoms with Gasteiger partial charge in [-0.2, -0.15) is 4.72 Å². The van der Waals surface area contributed by atoms with E-state index in [1.54, 1.807) is 37.3 Å². The quantitative estimate of drug-likeness (QED) is 0.338. The number of benzene rings is 2. The van der Waals surface area contributed by atoms with Gasteiger partial charge in [0.05, 0.1) is 9.93 Å². The second kappa shape index (κ2) is 8.82. The van der Waals surface area contributed by atoms with Crippen molar-refractivity contribution in [2.24, 2.45) is 0 Å². The Morgan fingerprint density at radius 2 is 1.47 bits per heavy atom. The molecule has 5 nitrogen and oxygen atoms in total. The molecule has 32 heavy (non-hydrogen) atoms. The average Bonchev–Trinajstić information content (AvgIpc) is 2.70. The SMILES string of the molecule is Cc1ccc(S(=O)(=O)NC2(Nc3cccc(C)c3)C(Cl)=C(Cl)C(=O)C(Cl)(Cl)C2(Cl)Cl)cc1. The number of anilines is 1. The Morgan fingerprint density at radius 3 is 2.03 bits per heavy atom. The summed E-state index contributed by atoms with van der Waals surface area (Å²) in [6, 6.07) is 12.8. The van der Waals surface area contributed by atoms with Gasteiger partial charge in [-0.05, 0) is 43.7 Å². The highest BCUT2D eigenvalue weighted by atomic mass is 35.5. The Hall–Kier alpha value is -0.700. The molecule has 0 heterocycles. The van der Waals surface area contributed by atoms with Crippen molar-refractivity contribution in [3.8, 4) is 0 Å². The van der Waals surface area contributed by atoms with Gasteiger partial charge in [0.25, 0.3) is 0 Å². The number of rotatable bonds is 5. The van der Waals surface area contributed by atoms with Crippen molar-refractivity contribution in [2.45, 2.75) is 33.1 Å². The van der Waals surface area contributed by atoms with Gasteiger partial charge in [0, 0.05) is 5.69 Å². The first-order valence-electron chi connectivity index (χ1n) is 8.97. The first-order chi connectivity index (χ1) is 14.7. The molecule has 0 spiro atoms. The van der Waals surface area contributed by atoms with Crippen LogP contribution in [0.2, 0.25) is 0 Å². The van der Waals surface area contributed by atoms with Crippen molar-refractivity contribution in [1.29, 1.82) is 0 Å². The molecule has 0 aliphatic heterocycles. The maximum atomic E-state index is 13.3. The minimum atomic E-state index is -4.35. The lowest BCUT2D eigenvalue weighted by atomic mass is 9.92. The maximum absolute atomic E-state index is 13.3. The highest BCUT2D eigenvalue weighted by Gasteiger charge is 2.71. The second-order valence-electron chi connectivity index (χ2n) is 7.27. The number of aryl methyl sites for hydroxylation is 2. The molecule has 0 bridgehead atoms. The van der Waals surface area contributed by atoms with Crippen LogP contribution in [-0.2, 0) is 14.8 Å². The standard InChI is InChI=1S/C20H16Cl6N2O3S/c1-11-6-8-14(9-7-11)32(30,31)28-19(27-13-5-3-4-12(2)10-13)16(22)15(21)17(29)18(23,24)20(19,25)26/h3-10,27-28H,1-2H3. The van der Waals surface area contributed by atoms with Crippen LogP contribution in [0.3, 0.4) is 0 Å². The van der Waals surface area contributed by atoms with E-state index in [-0.39, 0.29) is 4.90 Å². The zero-order valence-corrected chi connectivity index (χ0v) is 21.9. The fourth-order valence-corrected chi connectivity index (χ4v) is 6.41. The first-order valence-corrected chi connectivity index (χ1v) is 12.7. The molecule has 1 unspecified atom stereocenters. The summed E-state index contributed by atoms with van der Waals surface area (Å²) in [6.45, 7) is 3.61. The predicted molar refractivity (Wildman–Crippen MR) is 132 cm³/mol. The molecule has 2 aromatic carbocycles. The summed E-state index contributed by atoms with van der Waals surface area (Å²) >= 11 is 38.2. The highest BCUT2D eigenvalue weighted by Crippen LogP contribution is 2.58. The highest BCUT2D eigenvalue weighted by molar-refractivity contribution is 7.89. The molecule has 0 saturated carbocycles. The van der Waals surface area contributed by atoms with Crippen LogP contribution in [0, 0.1) is 13.8 Å². The Bertz CT molecular complexity index is 1210. The predicted octanol–water partition coefficient (Wildman–Crippen LogP) is 6.01. The average molecular weight is 577 g/mol. The van der Waals surface area contributed by atoms with Crippen LogP contribution in [0.4, 0.5) is 5.69 Å². The van der Waals surface area contributed by atoms with Gasteiger partial charge in [0.1, 0.15) is 5.03 Å². The smallest absolute Gasteiger partial charge is 0.242 e. The molecule has 1 aliphatic carbocycles. The molecule has 2 N–H and O–H groups in total. The van der Waals surface area contributed by atoms with Crippen LogP contribution in [0.25, 0.3) is 0 Å². The van der Waals surface area contributed by atoms with Crippen LogP contribution in [0.15, 0.2) is 63.5 Å². The largest absolute Gasteiger partial charge is 0.359 e. The lowest BCUT2D eigenvalue weighted by Gasteiger charge is -2.50. The summed E-state index contributed by atoms with van der Waals surface area (Å²) in [5, 5.41) is 1.72. The van der Waals surface area contributed by atoms with Crippen LogP contribution >= 0.6 is 69.6 Å². The molecule has 0 amide bonds. The maximum Gasteiger partial charge on any atom is 0.242 e. The lowest BCUT2D eigenvalue weighted by molar-refractivity contribution is -0.116. The molecule has 12 heteroatoms. The summed E-state index contributed by atoms with van der Waals surface area (Å²) in [6.07, 6.45) is 0. The Morgan fingerprint density at radius 1 is 0.875 bits per heavy atom. The van der Waals surface area contributed by atoms with E-state index >= 15 is 0 Å². The van der Waals surface area contributed by atoms with E-state index in [0.29, 0.717) is 5.69 Å². The third-order valence-electron chi connectivity index (χ3n) is 4.84. The van der Waals surface area contributed by atoms with Gasteiger partial charge in [-0.25, -0.2) is 8.42 Å². The third kappa shape index (κ3) is 4.25. The summed E-state index contributed by atoms with van der Waals surface area (Å²) in [7, 11) is -4.35. The number of hydrogen-bond donors (Lipinski definition) is 2. The van der Waals surface area contributed by atoms with Crippen molar-refractivity contribution in [2.75, 3.05) is 5.32 Å². The van der Waals surface area contributed by atoms with Crippen molar-refractivity contribution in [1.82, 2.24) is 4.72 Å². The van der Waals surface area contributed by atoms with Gasteiger partial charge in [0.15, 0.2) is 5.66 Å². The van der Waals surface area contributed by atoms with E-state index in [4.69, 9.17) is 69.6 Å². The molecule has 172 valence electrons. The molecule has 1 atom stereocenters. The number of allylic oxidation sites excluding steroid dienone is 1. The minimum absolute atomic E-state index is 0.120. The van der Waals surface area contributed by atoms with Crippen LogP contribution < -0.4 is 10.0 Å². The third-order valence-corrected chi connectivity index (χ3v) is 9.67. The topological polar surface area (TPSA) is 75.3 Å². The van der Waals surface area contributed by atoms with Crippen LogP contribution in [0.1, 0.15) is 11.1 Å².